The highest BCUT2D eigenvalue weighted by Crippen LogP contribution is 2.37. The highest BCUT2D eigenvalue weighted by atomic mass is 35.5. The Hall–Kier alpha value is -4.25. The maximum absolute atomic E-state index is 10.7. The van der Waals surface area contributed by atoms with Crippen LogP contribution in [0.1, 0.15) is 81.5 Å². The third-order valence-corrected chi connectivity index (χ3v) is 9.71. The summed E-state index contributed by atoms with van der Waals surface area (Å²) >= 11 is 0. The zero-order valence-corrected chi connectivity index (χ0v) is 34.2. The average molecular weight is 799 g/mol. The molecule has 4 aromatic rings. The minimum absolute atomic E-state index is 0. The minimum atomic E-state index is -0.870. The average Bonchev–Trinajstić information content (AvgIpc) is 3.18. The quantitative estimate of drug-likeness (QED) is 0.125. The number of aryl methyl sites for hydroxylation is 1. The van der Waals surface area contributed by atoms with Gasteiger partial charge in [0.2, 0.25) is 5.88 Å². The van der Waals surface area contributed by atoms with Crippen LogP contribution in [0.4, 0.5) is 0 Å². The van der Waals surface area contributed by atoms with E-state index in [1.54, 1.807) is 25.3 Å². The maximum Gasteiger partial charge on any atom is 0.307 e. The number of benzene rings is 3. The molecule has 10 nitrogen and oxygen atoms in total. The van der Waals surface area contributed by atoms with Crippen LogP contribution in [0, 0.1) is 0 Å². The SMILES string of the molecule is CCCCc1nnc(OC2CCN(C)CC2)cc1-c1ccc(OC2CCCCC2)c(OC)c1.COc1cc(CC(=O)O)ccc1OCc1ccccc1.Cl.Cl. The molecule has 1 N–H and O–H groups in total. The fourth-order valence-electron chi connectivity index (χ4n) is 6.66. The Kier molecular flexibility index (Phi) is 19.4. The van der Waals surface area contributed by atoms with Gasteiger partial charge in [-0.05, 0) is 99.4 Å². The van der Waals surface area contributed by atoms with E-state index in [0.29, 0.717) is 29.5 Å². The molecule has 1 saturated carbocycles. The normalized spacial score (nSPS) is 14.6. The number of carboxylic acids is 1. The summed E-state index contributed by atoms with van der Waals surface area (Å²) in [5.41, 5.74) is 4.89. The largest absolute Gasteiger partial charge is 0.493 e. The molecule has 1 aliphatic heterocycles. The topological polar surface area (TPSA) is 112 Å². The fraction of sp³-hybridized carbons (Fsp3) is 0.465. The molecule has 0 atom stereocenters. The van der Waals surface area contributed by atoms with E-state index in [4.69, 9.17) is 28.8 Å². The number of carboxylic acid groups (broad SMARTS) is 1. The number of ether oxygens (including phenoxy) is 5. The summed E-state index contributed by atoms with van der Waals surface area (Å²) in [6, 6.07) is 23.3. The number of piperidine rings is 1. The highest BCUT2D eigenvalue weighted by molar-refractivity contribution is 5.85. The molecule has 12 heteroatoms. The van der Waals surface area contributed by atoms with Crippen molar-refractivity contribution >= 4 is 30.8 Å². The zero-order valence-electron chi connectivity index (χ0n) is 32.5. The standard InChI is InChI=1S/C27H39N3O3.C16H16O4.2ClH/c1-4-5-11-24-23(19-27(29-28-24)33-22-14-16-30(2)17-15-22)20-12-13-25(26(18-20)31-3)32-21-9-7-6-8-10-21;1-19-15-9-13(10-16(17)18)7-8-14(15)20-11-12-5-3-2-4-6-12;;/h12-13,18-19,21-22H,4-11,14-17H2,1-3H3;2-9H,10-11H2,1H3,(H,17,18);2*1H. The van der Waals surface area contributed by atoms with Gasteiger partial charge in [0.1, 0.15) is 12.7 Å². The van der Waals surface area contributed by atoms with Gasteiger partial charge in [0.05, 0.1) is 32.4 Å². The first-order valence-electron chi connectivity index (χ1n) is 19.0. The Morgan fingerprint density at radius 2 is 1.44 bits per heavy atom. The molecule has 55 heavy (non-hydrogen) atoms. The molecular weight excluding hydrogens is 741 g/mol. The van der Waals surface area contributed by atoms with Gasteiger partial charge in [-0.25, -0.2) is 0 Å². The lowest BCUT2D eigenvalue weighted by Crippen LogP contribution is -2.35. The number of nitrogens with zero attached hydrogens (tertiary/aromatic N) is 3. The van der Waals surface area contributed by atoms with Gasteiger partial charge in [-0.2, -0.15) is 5.10 Å². The van der Waals surface area contributed by atoms with Crippen molar-refractivity contribution in [3.8, 4) is 40.0 Å². The molecule has 1 aromatic heterocycles. The lowest BCUT2D eigenvalue weighted by molar-refractivity contribution is -0.136. The molecule has 0 radical (unpaired) electrons. The lowest BCUT2D eigenvalue weighted by atomic mass is 9.97. The van der Waals surface area contributed by atoms with Gasteiger partial charge in [0.25, 0.3) is 0 Å². The van der Waals surface area contributed by atoms with Gasteiger partial charge in [0, 0.05) is 24.7 Å². The van der Waals surface area contributed by atoms with Gasteiger partial charge in [0.15, 0.2) is 23.0 Å². The molecule has 6 rings (SSSR count). The van der Waals surface area contributed by atoms with Crippen molar-refractivity contribution in [3.05, 3.63) is 89.6 Å². The molecule has 1 saturated heterocycles. The van der Waals surface area contributed by atoms with E-state index < -0.39 is 5.97 Å². The molecule has 0 unspecified atom stereocenters. The number of hydrogen-bond donors (Lipinski definition) is 1. The van der Waals surface area contributed by atoms with Crippen molar-refractivity contribution in [1.82, 2.24) is 15.1 Å². The number of rotatable bonds is 15. The van der Waals surface area contributed by atoms with Gasteiger partial charge >= 0.3 is 5.97 Å². The molecule has 3 aromatic carbocycles. The summed E-state index contributed by atoms with van der Waals surface area (Å²) in [4.78, 5) is 13.0. The van der Waals surface area contributed by atoms with E-state index >= 15 is 0 Å². The summed E-state index contributed by atoms with van der Waals surface area (Å²) in [5, 5.41) is 17.8. The second-order valence-corrected chi connectivity index (χ2v) is 13.8. The predicted molar refractivity (Wildman–Crippen MR) is 221 cm³/mol. The summed E-state index contributed by atoms with van der Waals surface area (Å²) in [6.07, 6.45) is 11.6. The van der Waals surface area contributed by atoms with Crippen LogP contribution in [-0.4, -0.2) is 72.7 Å². The summed E-state index contributed by atoms with van der Waals surface area (Å²) in [5.74, 6) is 2.48. The second-order valence-electron chi connectivity index (χ2n) is 13.8. The van der Waals surface area contributed by atoms with E-state index in [1.165, 1.54) is 26.4 Å². The summed E-state index contributed by atoms with van der Waals surface area (Å²) < 4.78 is 29.2. The number of unbranched alkanes of at least 4 members (excludes halogenated alkanes) is 1. The van der Waals surface area contributed by atoms with Crippen molar-refractivity contribution in [2.45, 2.75) is 96.4 Å². The Labute approximate surface area is 338 Å². The third-order valence-electron chi connectivity index (χ3n) is 9.71. The molecule has 1 aliphatic carbocycles. The van der Waals surface area contributed by atoms with Crippen LogP contribution in [0.3, 0.4) is 0 Å². The number of carbonyl (C=O) groups is 1. The monoisotopic (exact) mass is 797 g/mol. The van der Waals surface area contributed by atoms with Gasteiger partial charge < -0.3 is 33.7 Å². The Balaban J connectivity index is 0.000000319. The fourth-order valence-corrected chi connectivity index (χ4v) is 6.66. The number of aliphatic carboxylic acids is 1. The molecule has 0 spiro atoms. The smallest absolute Gasteiger partial charge is 0.307 e. The van der Waals surface area contributed by atoms with E-state index in [9.17, 15) is 4.79 Å². The van der Waals surface area contributed by atoms with Crippen LogP contribution < -0.4 is 23.7 Å². The Bertz CT molecular complexity index is 1730. The Morgan fingerprint density at radius 3 is 2.11 bits per heavy atom. The summed E-state index contributed by atoms with van der Waals surface area (Å²) in [7, 11) is 5.41. The Morgan fingerprint density at radius 1 is 0.764 bits per heavy atom. The van der Waals surface area contributed by atoms with Crippen LogP contribution >= 0.6 is 24.8 Å². The molecule has 2 heterocycles. The van der Waals surface area contributed by atoms with E-state index in [1.807, 2.05) is 36.4 Å². The van der Waals surface area contributed by atoms with Crippen molar-refractivity contribution in [2.75, 3.05) is 34.4 Å². The highest BCUT2D eigenvalue weighted by Gasteiger charge is 2.21. The number of methoxy groups -OCH3 is 2. The zero-order chi connectivity index (χ0) is 37.4. The first-order chi connectivity index (χ1) is 25.8. The van der Waals surface area contributed by atoms with Crippen molar-refractivity contribution in [3.63, 3.8) is 0 Å². The number of hydrogen-bond acceptors (Lipinski definition) is 9. The van der Waals surface area contributed by atoms with Crippen molar-refractivity contribution in [1.29, 1.82) is 0 Å². The molecule has 2 aliphatic rings. The van der Waals surface area contributed by atoms with E-state index in [-0.39, 0.29) is 43.4 Å². The summed E-state index contributed by atoms with van der Waals surface area (Å²) in [6.45, 7) is 4.75. The van der Waals surface area contributed by atoms with Crippen LogP contribution in [-0.2, 0) is 24.2 Å². The number of aromatic nitrogens is 2. The minimum Gasteiger partial charge on any atom is -0.493 e. The lowest BCUT2D eigenvalue weighted by Gasteiger charge is -2.29. The van der Waals surface area contributed by atoms with Crippen LogP contribution in [0.25, 0.3) is 11.1 Å². The predicted octanol–water partition coefficient (Wildman–Crippen LogP) is 9.42. The van der Waals surface area contributed by atoms with Gasteiger partial charge in [-0.15, -0.1) is 29.9 Å². The molecule has 2 fully saturated rings. The molecule has 0 amide bonds. The van der Waals surface area contributed by atoms with Crippen molar-refractivity contribution < 1.29 is 33.6 Å². The first-order valence-corrected chi connectivity index (χ1v) is 19.0. The number of halogens is 2. The number of likely N-dealkylation sites (tertiary alicyclic amines) is 1. The molecular formula is C43H57Cl2N3O7. The van der Waals surface area contributed by atoms with E-state index in [0.717, 1.165) is 91.9 Å². The van der Waals surface area contributed by atoms with Crippen LogP contribution in [0.15, 0.2) is 72.8 Å². The first kappa shape index (κ1) is 45.1. The maximum atomic E-state index is 10.7. The van der Waals surface area contributed by atoms with Crippen LogP contribution in [0.2, 0.25) is 0 Å². The molecule has 0 bridgehead atoms. The van der Waals surface area contributed by atoms with Gasteiger partial charge in [-0.3, -0.25) is 4.79 Å². The third kappa shape index (κ3) is 14.1. The molecule has 300 valence electrons. The second kappa shape index (κ2) is 23.6. The van der Waals surface area contributed by atoms with Gasteiger partial charge in [-0.1, -0.05) is 62.2 Å². The van der Waals surface area contributed by atoms with Crippen LogP contribution in [0.5, 0.6) is 28.9 Å². The van der Waals surface area contributed by atoms with E-state index in [2.05, 4.69) is 47.3 Å². The van der Waals surface area contributed by atoms with Crippen molar-refractivity contribution in [2.24, 2.45) is 0 Å².